The molecule has 4 nitrogen and oxygen atoms in total. The first-order valence-corrected chi connectivity index (χ1v) is 17.6. The second-order valence-corrected chi connectivity index (χ2v) is 16.8. The highest BCUT2D eigenvalue weighted by atomic mass is 19.4. The van der Waals surface area contributed by atoms with Crippen molar-refractivity contribution in [3.8, 4) is 0 Å². The molecule has 7 heteroatoms. The van der Waals surface area contributed by atoms with Crippen LogP contribution in [0.2, 0.25) is 0 Å². The Bertz CT molecular complexity index is 983. The summed E-state index contributed by atoms with van der Waals surface area (Å²) in [5.41, 5.74) is -3.57. The molecule has 1 heterocycles. The molecule has 0 aromatic carbocycles. The molecule has 0 spiro atoms. The maximum Gasteiger partial charge on any atom is 0.417 e. The van der Waals surface area contributed by atoms with E-state index in [0.29, 0.717) is 31.8 Å². The molecule has 4 aliphatic carbocycles. The maximum absolute atomic E-state index is 15.0. The summed E-state index contributed by atoms with van der Waals surface area (Å²) in [6, 6.07) is 0. The van der Waals surface area contributed by atoms with E-state index >= 15 is 13.2 Å². The molecule has 0 aromatic heterocycles. The summed E-state index contributed by atoms with van der Waals surface area (Å²) in [5.74, 6) is 0.688. The van der Waals surface area contributed by atoms with Gasteiger partial charge in [-0.25, -0.2) is 0 Å². The van der Waals surface area contributed by atoms with Crippen LogP contribution in [0.4, 0.5) is 13.2 Å². The minimum Gasteiger partial charge on any atom is -0.353 e. The van der Waals surface area contributed by atoms with Gasteiger partial charge in [0.05, 0.1) is 5.60 Å². The number of fused-ring (bicyclic) bond motifs is 4. The van der Waals surface area contributed by atoms with Gasteiger partial charge in [-0.1, -0.05) is 41.0 Å². The minimum atomic E-state index is -4.47. The van der Waals surface area contributed by atoms with Gasteiger partial charge in [0.25, 0.3) is 0 Å². The Morgan fingerprint density at radius 1 is 0.907 bits per heavy atom. The van der Waals surface area contributed by atoms with Crippen LogP contribution in [0.3, 0.4) is 0 Å². The molecule has 1 aliphatic heterocycles. The third kappa shape index (κ3) is 5.25. The van der Waals surface area contributed by atoms with Crippen LogP contribution >= 0.6 is 0 Å². The molecular formula is C36H61F3O4. The van der Waals surface area contributed by atoms with E-state index in [4.69, 9.17) is 18.9 Å². The Kier molecular flexibility index (Phi) is 9.01. The zero-order chi connectivity index (χ0) is 31.6. The van der Waals surface area contributed by atoms with E-state index in [1.165, 1.54) is 26.2 Å². The largest absolute Gasteiger partial charge is 0.417 e. The standard InChI is InChI=1S/C36H61F3O4/c1-9-20-40-26(3)42-32(8,36(37,38)39)34-18-16-33(25-34,17-19-34)29(4,5)24-30(6,10-2)35-15-14-27(23-35)22-31(35,7)43-28-13-11-12-21-41-28/h26-28H,9-25H2,1-8H3. The van der Waals surface area contributed by atoms with E-state index in [1.54, 1.807) is 6.92 Å². The summed E-state index contributed by atoms with van der Waals surface area (Å²) >= 11 is 0. The first-order chi connectivity index (χ1) is 20.0. The molecule has 7 unspecified atom stereocenters. The highest BCUT2D eigenvalue weighted by Gasteiger charge is 2.74. The topological polar surface area (TPSA) is 36.9 Å². The Morgan fingerprint density at radius 2 is 1.58 bits per heavy atom. The fourth-order valence-electron chi connectivity index (χ4n) is 11.7. The van der Waals surface area contributed by atoms with Crippen molar-refractivity contribution in [1.82, 2.24) is 0 Å². The molecule has 0 radical (unpaired) electrons. The SMILES string of the molecule is CCCOC(C)OC(C)(C(F)(F)F)C12CCC(C(C)(C)CC(C)(CC)C34CCC(CC3(C)OC3CCCCO3)C4)(CC1)C2. The average molecular weight is 615 g/mol. The summed E-state index contributed by atoms with van der Waals surface area (Å²) < 4.78 is 69.7. The number of hydrogen-bond donors (Lipinski definition) is 0. The smallest absolute Gasteiger partial charge is 0.353 e. The molecule has 0 N–H and O–H groups in total. The fraction of sp³-hybridized carbons (Fsp3) is 1.00. The van der Waals surface area contributed by atoms with Gasteiger partial charge in [-0.2, -0.15) is 13.2 Å². The zero-order valence-electron chi connectivity index (χ0n) is 28.5. The molecule has 5 fully saturated rings. The number of halogens is 3. The lowest BCUT2D eigenvalue weighted by Gasteiger charge is -2.59. The van der Waals surface area contributed by atoms with Crippen LogP contribution in [-0.4, -0.2) is 43.2 Å². The van der Waals surface area contributed by atoms with Crippen LogP contribution in [0.25, 0.3) is 0 Å². The third-order valence-electron chi connectivity index (χ3n) is 14.4. The summed E-state index contributed by atoms with van der Waals surface area (Å²) in [7, 11) is 0. The molecule has 4 saturated carbocycles. The lowest BCUT2D eigenvalue weighted by Crippen LogP contribution is -2.58. The van der Waals surface area contributed by atoms with Crippen molar-refractivity contribution in [2.75, 3.05) is 13.2 Å². The first kappa shape index (κ1) is 34.0. The molecule has 5 rings (SSSR count). The van der Waals surface area contributed by atoms with Crippen molar-refractivity contribution >= 4 is 0 Å². The first-order valence-electron chi connectivity index (χ1n) is 17.6. The Morgan fingerprint density at radius 3 is 2.14 bits per heavy atom. The van der Waals surface area contributed by atoms with Gasteiger partial charge in [-0.05, 0) is 133 Å². The van der Waals surface area contributed by atoms with Crippen LogP contribution in [0, 0.1) is 33.0 Å². The molecule has 0 aromatic rings. The Hall–Kier alpha value is -0.370. The summed E-state index contributed by atoms with van der Waals surface area (Å²) in [5, 5.41) is 0. The highest BCUT2D eigenvalue weighted by Crippen LogP contribution is 2.77. The summed E-state index contributed by atoms with van der Waals surface area (Å²) in [6.07, 6.45) is 8.63. The number of rotatable bonds is 13. The van der Waals surface area contributed by atoms with Crippen molar-refractivity contribution in [3.05, 3.63) is 0 Å². The summed E-state index contributed by atoms with van der Waals surface area (Å²) in [4.78, 5) is 0. The van der Waals surface area contributed by atoms with Crippen LogP contribution < -0.4 is 0 Å². The van der Waals surface area contributed by atoms with Gasteiger partial charge in [0.1, 0.15) is 0 Å². The van der Waals surface area contributed by atoms with Gasteiger partial charge >= 0.3 is 6.18 Å². The van der Waals surface area contributed by atoms with Crippen molar-refractivity contribution in [2.45, 2.75) is 182 Å². The predicted octanol–water partition coefficient (Wildman–Crippen LogP) is 10.4. The van der Waals surface area contributed by atoms with Crippen molar-refractivity contribution in [3.63, 3.8) is 0 Å². The van der Waals surface area contributed by atoms with Gasteiger partial charge in [0, 0.05) is 24.0 Å². The van der Waals surface area contributed by atoms with Crippen molar-refractivity contribution < 1.29 is 32.1 Å². The van der Waals surface area contributed by atoms with Crippen LogP contribution in [-0.2, 0) is 18.9 Å². The van der Waals surface area contributed by atoms with Crippen molar-refractivity contribution in [1.29, 1.82) is 0 Å². The minimum absolute atomic E-state index is 0.0140. The molecule has 1 saturated heterocycles. The fourth-order valence-corrected chi connectivity index (χ4v) is 11.7. The van der Waals surface area contributed by atoms with Gasteiger partial charge in [-0.15, -0.1) is 0 Å². The van der Waals surface area contributed by atoms with Gasteiger partial charge in [0.2, 0.25) is 0 Å². The van der Waals surface area contributed by atoms with E-state index < -0.39 is 23.5 Å². The quantitative estimate of drug-likeness (QED) is 0.193. The van der Waals surface area contributed by atoms with Crippen LogP contribution in [0.1, 0.15) is 152 Å². The zero-order valence-corrected chi connectivity index (χ0v) is 28.5. The Balaban J connectivity index is 1.41. The third-order valence-corrected chi connectivity index (χ3v) is 14.4. The molecule has 4 bridgehead atoms. The van der Waals surface area contributed by atoms with Gasteiger partial charge in [0.15, 0.2) is 18.2 Å². The monoisotopic (exact) mass is 614 g/mol. The highest BCUT2D eigenvalue weighted by molar-refractivity contribution is 5.21. The summed E-state index contributed by atoms with van der Waals surface area (Å²) in [6.45, 7) is 18.0. The lowest BCUT2D eigenvalue weighted by molar-refractivity contribution is -0.349. The van der Waals surface area contributed by atoms with Crippen LogP contribution in [0.5, 0.6) is 0 Å². The molecular weight excluding hydrogens is 553 g/mol. The predicted molar refractivity (Wildman–Crippen MR) is 163 cm³/mol. The molecule has 0 amide bonds. The maximum atomic E-state index is 15.0. The Labute approximate surface area is 259 Å². The van der Waals surface area contributed by atoms with E-state index in [2.05, 4.69) is 34.6 Å². The van der Waals surface area contributed by atoms with E-state index in [0.717, 1.165) is 64.4 Å². The second kappa shape index (κ2) is 11.4. The van der Waals surface area contributed by atoms with Crippen LogP contribution in [0.15, 0.2) is 0 Å². The van der Waals surface area contributed by atoms with Gasteiger partial charge in [-0.3, -0.25) is 0 Å². The average Bonchev–Trinajstić information content (AvgIpc) is 3.71. The lowest BCUT2D eigenvalue weighted by atomic mass is 9.48. The molecule has 7 atom stereocenters. The normalized spacial score (nSPS) is 41.4. The number of hydrogen-bond acceptors (Lipinski definition) is 4. The molecule has 5 aliphatic rings. The van der Waals surface area contributed by atoms with E-state index in [9.17, 15) is 0 Å². The van der Waals surface area contributed by atoms with E-state index in [-0.39, 0.29) is 33.6 Å². The second-order valence-electron chi connectivity index (χ2n) is 16.8. The molecule has 43 heavy (non-hydrogen) atoms. The molecule has 250 valence electrons. The van der Waals surface area contributed by atoms with Crippen molar-refractivity contribution in [2.24, 2.45) is 33.0 Å². The number of ether oxygens (including phenoxy) is 4. The van der Waals surface area contributed by atoms with Gasteiger partial charge < -0.3 is 18.9 Å². The number of alkyl halides is 3. The van der Waals surface area contributed by atoms with E-state index in [1.807, 2.05) is 6.92 Å².